The molecule has 1 atom stereocenters. The fraction of sp³-hybridized carbons (Fsp3) is 0.667. The van der Waals surface area contributed by atoms with E-state index in [2.05, 4.69) is 20.5 Å². The maximum Gasteiger partial charge on any atom is 0.240 e. The van der Waals surface area contributed by atoms with Crippen LogP contribution in [0.15, 0.2) is 5.38 Å². The highest BCUT2D eigenvalue weighted by Crippen LogP contribution is 2.16. The first-order valence-electron chi connectivity index (χ1n) is 6.26. The predicted molar refractivity (Wildman–Crippen MR) is 81.2 cm³/mol. The molecule has 1 amide bonds. The summed E-state index contributed by atoms with van der Waals surface area (Å²) in [5, 5.41) is 8.67. The number of nitrogens with zero attached hydrogens (tertiary/aromatic N) is 2. The second-order valence-electron chi connectivity index (χ2n) is 4.79. The van der Waals surface area contributed by atoms with Crippen LogP contribution in [0.3, 0.4) is 0 Å². The molecule has 5 nitrogen and oxygen atoms in total. The minimum atomic E-state index is 0. The Bertz CT molecular complexity index is 412. The molecular weight excluding hydrogens is 284 g/mol. The third kappa shape index (κ3) is 5.06. The molecule has 0 spiro atoms. The zero-order valence-electron chi connectivity index (χ0n) is 11.3. The van der Waals surface area contributed by atoms with Crippen LogP contribution in [0.5, 0.6) is 0 Å². The van der Waals surface area contributed by atoms with Gasteiger partial charge < -0.3 is 10.6 Å². The molecule has 1 unspecified atom stereocenters. The number of nitrogens with one attached hydrogen (secondary N) is 2. The Morgan fingerprint density at radius 2 is 2.42 bits per heavy atom. The number of carbonyl (C=O) groups is 1. The maximum absolute atomic E-state index is 11.8. The van der Waals surface area contributed by atoms with Gasteiger partial charge in [-0.25, -0.2) is 4.98 Å². The van der Waals surface area contributed by atoms with E-state index in [0.717, 1.165) is 25.3 Å². The molecule has 1 saturated heterocycles. The summed E-state index contributed by atoms with van der Waals surface area (Å²) < 4.78 is 0. The zero-order chi connectivity index (χ0) is 13.0. The molecule has 2 heterocycles. The fourth-order valence-electron chi connectivity index (χ4n) is 2.29. The van der Waals surface area contributed by atoms with E-state index in [0.29, 0.717) is 17.6 Å². The summed E-state index contributed by atoms with van der Waals surface area (Å²) in [6, 6.07) is 0. The van der Waals surface area contributed by atoms with E-state index in [1.54, 1.807) is 0 Å². The molecule has 1 fully saturated rings. The Kier molecular flexibility index (Phi) is 6.71. The van der Waals surface area contributed by atoms with Crippen molar-refractivity contribution in [3.8, 4) is 0 Å². The molecule has 0 aromatic carbocycles. The van der Waals surface area contributed by atoms with E-state index in [9.17, 15) is 4.79 Å². The number of hydrogen-bond acceptors (Lipinski definition) is 5. The second kappa shape index (κ2) is 7.79. The first kappa shape index (κ1) is 16.4. The Morgan fingerprint density at radius 3 is 3.05 bits per heavy atom. The molecule has 0 saturated carbocycles. The van der Waals surface area contributed by atoms with Crippen LogP contribution in [0.2, 0.25) is 0 Å². The minimum Gasteiger partial charge on any atom is -0.319 e. The highest BCUT2D eigenvalue weighted by molar-refractivity contribution is 7.13. The lowest BCUT2D eigenvalue weighted by molar-refractivity contribution is -0.117. The van der Waals surface area contributed by atoms with Gasteiger partial charge in [-0.2, -0.15) is 0 Å². The molecule has 2 rings (SSSR count). The van der Waals surface area contributed by atoms with Crippen molar-refractivity contribution in [2.24, 2.45) is 5.92 Å². The number of rotatable bonds is 5. The van der Waals surface area contributed by atoms with Crippen molar-refractivity contribution in [2.75, 3.05) is 38.5 Å². The number of likely N-dealkylation sites (tertiary alicyclic amines) is 1. The van der Waals surface area contributed by atoms with Gasteiger partial charge in [0.2, 0.25) is 5.91 Å². The topological polar surface area (TPSA) is 57.3 Å². The number of halogens is 1. The monoisotopic (exact) mass is 304 g/mol. The Hall–Kier alpha value is -0.690. The summed E-state index contributed by atoms with van der Waals surface area (Å²) >= 11 is 1.47. The molecule has 0 radical (unpaired) electrons. The number of aromatic nitrogens is 1. The van der Waals surface area contributed by atoms with Crippen LogP contribution in [-0.2, 0) is 4.79 Å². The van der Waals surface area contributed by atoms with Crippen molar-refractivity contribution in [1.29, 1.82) is 0 Å². The summed E-state index contributed by atoms with van der Waals surface area (Å²) in [7, 11) is 1.97. The molecule has 2 N–H and O–H groups in total. The van der Waals surface area contributed by atoms with Crippen LogP contribution >= 0.6 is 23.7 Å². The van der Waals surface area contributed by atoms with Gasteiger partial charge in [0.05, 0.1) is 12.2 Å². The van der Waals surface area contributed by atoms with Crippen LogP contribution < -0.4 is 10.6 Å². The number of amides is 1. The van der Waals surface area contributed by atoms with Crippen LogP contribution in [-0.4, -0.2) is 49.0 Å². The minimum absolute atomic E-state index is 0. The lowest BCUT2D eigenvalue weighted by Crippen LogP contribution is -2.32. The van der Waals surface area contributed by atoms with Gasteiger partial charge in [0, 0.05) is 11.9 Å². The van der Waals surface area contributed by atoms with E-state index < -0.39 is 0 Å². The lowest BCUT2D eigenvalue weighted by atomic mass is 10.1. The largest absolute Gasteiger partial charge is 0.319 e. The molecule has 1 aliphatic heterocycles. The molecule has 1 aliphatic rings. The van der Waals surface area contributed by atoms with Crippen LogP contribution in [0, 0.1) is 12.8 Å². The molecular formula is C12H21ClN4OS. The number of hydrogen-bond donors (Lipinski definition) is 2. The first-order valence-corrected chi connectivity index (χ1v) is 7.14. The summed E-state index contributed by atoms with van der Waals surface area (Å²) in [6.07, 6.45) is 1.17. The number of aryl methyl sites for hydroxylation is 1. The quantitative estimate of drug-likeness (QED) is 0.862. The van der Waals surface area contributed by atoms with Crippen molar-refractivity contribution in [2.45, 2.75) is 13.3 Å². The number of carbonyl (C=O) groups excluding carboxylic acids is 1. The first-order chi connectivity index (χ1) is 8.67. The normalized spacial score (nSPS) is 19.2. The molecule has 108 valence electrons. The van der Waals surface area contributed by atoms with E-state index in [1.807, 2.05) is 19.4 Å². The molecule has 0 aliphatic carbocycles. The standard InChI is InChI=1S/C12H20N4OS.ClH/c1-9-8-18-12(14-9)15-11(17)7-16-4-3-10(6-16)5-13-2;/h8,10,13H,3-7H2,1-2H3,(H,14,15,17);1H. The molecule has 19 heavy (non-hydrogen) atoms. The van der Waals surface area contributed by atoms with Gasteiger partial charge in [-0.1, -0.05) is 0 Å². The van der Waals surface area contributed by atoms with Crippen molar-refractivity contribution in [3.05, 3.63) is 11.1 Å². The summed E-state index contributed by atoms with van der Waals surface area (Å²) in [5.74, 6) is 0.708. The maximum atomic E-state index is 11.8. The highest BCUT2D eigenvalue weighted by Gasteiger charge is 2.23. The smallest absolute Gasteiger partial charge is 0.240 e. The summed E-state index contributed by atoms with van der Waals surface area (Å²) in [5.41, 5.74) is 0.950. The van der Waals surface area contributed by atoms with Gasteiger partial charge in [-0.3, -0.25) is 9.69 Å². The van der Waals surface area contributed by atoms with Gasteiger partial charge in [0.15, 0.2) is 5.13 Å². The van der Waals surface area contributed by atoms with Crippen LogP contribution in [0.25, 0.3) is 0 Å². The van der Waals surface area contributed by atoms with Crippen molar-refractivity contribution in [1.82, 2.24) is 15.2 Å². The molecule has 7 heteroatoms. The van der Waals surface area contributed by atoms with Crippen LogP contribution in [0.1, 0.15) is 12.1 Å². The van der Waals surface area contributed by atoms with Gasteiger partial charge in [-0.05, 0) is 39.4 Å². The molecule has 1 aromatic heterocycles. The van der Waals surface area contributed by atoms with Crippen molar-refractivity contribution in [3.63, 3.8) is 0 Å². The zero-order valence-corrected chi connectivity index (χ0v) is 12.9. The third-order valence-electron chi connectivity index (χ3n) is 3.10. The fourth-order valence-corrected chi connectivity index (χ4v) is 2.99. The Morgan fingerprint density at radius 1 is 1.63 bits per heavy atom. The lowest BCUT2D eigenvalue weighted by Gasteiger charge is -2.14. The Labute approximate surface area is 124 Å². The van der Waals surface area contributed by atoms with Gasteiger partial charge in [0.1, 0.15) is 0 Å². The van der Waals surface area contributed by atoms with E-state index in [-0.39, 0.29) is 18.3 Å². The van der Waals surface area contributed by atoms with Crippen molar-refractivity contribution >= 4 is 34.8 Å². The average Bonchev–Trinajstić information content (AvgIpc) is 2.89. The molecule has 0 bridgehead atoms. The predicted octanol–water partition coefficient (Wildman–Crippen LogP) is 1.35. The SMILES string of the molecule is CNCC1CCN(CC(=O)Nc2nc(C)cs2)C1.Cl. The van der Waals surface area contributed by atoms with Gasteiger partial charge in [0.25, 0.3) is 0 Å². The average molecular weight is 305 g/mol. The summed E-state index contributed by atoms with van der Waals surface area (Å²) in [6.45, 7) is 5.44. The molecule has 1 aromatic rings. The van der Waals surface area contributed by atoms with Gasteiger partial charge in [-0.15, -0.1) is 23.7 Å². The highest BCUT2D eigenvalue weighted by atomic mass is 35.5. The van der Waals surface area contributed by atoms with E-state index in [1.165, 1.54) is 17.8 Å². The second-order valence-corrected chi connectivity index (χ2v) is 5.65. The Balaban J connectivity index is 0.00000180. The van der Waals surface area contributed by atoms with Crippen LogP contribution in [0.4, 0.5) is 5.13 Å². The van der Waals surface area contributed by atoms with Gasteiger partial charge >= 0.3 is 0 Å². The van der Waals surface area contributed by atoms with E-state index in [4.69, 9.17) is 0 Å². The number of anilines is 1. The van der Waals surface area contributed by atoms with Crippen molar-refractivity contribution < 1.29 is 4.79 Å². The number of thiazole rings is 1. The summed E-state index contributed by atoms with van der Waals surface area (Å²) in [4.78, 5) is 18.3. The third-order valence-corrected chi connectivity index (χ3v) is 3.97. The van der Waals surface area contributed by atoms with E-state index >= 15 is 0 Å².